The predicted molar refractivity (Wildman–Crippen MR) is 213 cm³/mol. The number of ether oxygens (including phenoxy) is 4. The first-order valence-corrected chi connectivity index (χ1v) is 18.8. The zero-order valence-corrected chi connectivity index (χ0v) is 32.7. The number of hydrogen-bond acceptors (Lipinski definition) is 9. The summed E-state index contributed by atoms with van der Waals surface area (Å²) in [4.78, 5) is 60.5. The number of carboxylic acids is 1. The van der Waals surface area contributed by atoms with Crippen LogP contribution >= 0.6 is 0 Å². The number of carbonyl (C=O) groups excluding carboxylic acids is 3. The minimum Gasteiger partial charge on any atom is -0.497 e. The van der Waals surface area contributed by atoms with Gasteiger partial charge in [0.15, 0.2) is 11.5 Å². The van der Waals surface area contributed by atoms with Gasteiger partial charge < -0.3 is 44.9 Å². The maximum atomic E-state index is 14.3. The van der Waals surface area contributed by atoms with Gasteiger partial charge >= 0.3 is 12.0 Å². The number of benzene rings is 3. The highest BCUT2D eigenvalue weighted by Gasteiger charge is 2.61. The Bertz CT molecular complexity index is 2140. The number of hydrogen-bond donors (Lipinski definition) is 4. The number of likely N-dealkylation sites (tertiary alicyclic amines) is 1. The van der Waals surface area contributed by atoms with Gasteiger partial charge in [-0.25, -0.2) is 14.6 Å². The lowest BCUT2D eigenvalue weighted by atomic mass is 9.86. The molecule has 5 atom stereocenters. The Kier molecular flexibility index (Phi) is 11.9. The quantitative estimate of drug-likeness (QED) is 0.0926. The van der Waals surface area contributed by atoms with Gasteiger partial charge in [-0.15, -0.1) is 6.58 Å². The molecule has 2 aliphatic rings. The molecule has 300 valence electrons. The van der Waals surface area contributed by atoms with Gasteiger partial charge in [-0.05, 0) is 36.1 Å². The number of fused-ring (bicyclic) bond motifs is 1. The number of carboxylic acid groups (broad SMARTS) is 1. The van der Waals surface area contributed by atoms with Gasteiger partial charge in [-0.3, -0.25) is 9.59 Å². The molecule has 4 aromatic rings. The average molecular weight is 780 g/mol. The second-order valence-electron chi connectivity index (χ2n) is 15.2. The van der Waals surface area contributed by atoms with Crippen molar-refractivity contribution in [1.82, 2.24) is 25.8 Å². The summed E-state index contributed by atoms with van der Waals surface area (Å²) in [5.41, 5.74) is -0.152. The minimum absolute atomic E-state index is 0.0409. The molecule has 1 aliphatic carbocycles. The molecule has 1 saturated heterocycles. The van der Waals surface area contributed by atoms with E-state index in [2.05, 4.69) is 22.5 Å². The highest BCUT2D eigenvalue weighted by Crippen LogP contribution is 2.45. The number of nitrogens with one attached hydrogen (secondary N) is 3. The van der Waals surface area contributed by atoms with E-state index >= 15 is 0 Å². The van der Waals surface area contributed by atoms with Crippen molar-refractivity contribution in [2.24, 2.45) is 11.3 Å². The number of methoxy groups -OCH3 is 2. The van der Waals surface area contributed by atoms with Crippen molar-refractivity contribution in [3.63, 3.8) is 0 Å². The summed E-state index contributed by atoms with van der Waals surface area (Å²) in [5.74, 6) is -0.583. The summed E-state index contributed by atoms with van der Waals surface area (Å²) >= 11 is 0. The summed E-state index contributed by atoms with van der Waals surface area (Å²) in [6.45, 7) is 9.41. The average Bonchev–Trinajstić information content (AvgIpc) is 3.77. The normalized spacial score (nSPS) is 20.5. The van der Waals surface area contributed by atoms with Gasteiger partial charge in [-0.2, -0.15) is 0 Å². The van der Waals surface area contributed by atoms with Gasteiger partial charge in [0.1, 0.15) is 41.8 Å². The van der Waals surface area contributed by atoms with Crippen LogP contribution in [0.3, 0.4) is 0 Å². The second kappa shape index (κ2) is 16.8. The molecule has 2 fully saturated rings. The van der Waals surface area contributed by atoms with E-state index in [4.69, 9.17) is 23.9 Å². The number of pyridine rings is 1. The van der Waals surface area contributed by atoms with Crippen molar-refractivity contribution in [2.75, 3.05) is 33.9 Å². The van der Waals surface area contributed by atoms with E-state index in [9.17, 15) is 24.3 Å². The molecule has 4 N–H and O–H groups in total. The molecule has 1 unspecified atom stereocenters. The third-order valence-corrected chi connectivity index (χ3v) is 10.3. The highest BCUT2D eigenvalue weighted by molar-refractivity contribution is 5.95. The van der Waals surface area contributed by atoms with Crippen LogP contribution in [0.2, 0.25) is 0 Å². The van der Waals surface area contributed by atoms with E-state index in [1.807, 2.05) is 75.4 Å². The summed E-state index contributed by atoms with van der Waals surface area (Å²) in [6.07, 6.45) is 1.02. The number of aliphatic carboxylic acids is 1. The van der Waals surface area contributed by atoms with E-state index in [0.29, 0.717) is 39.6 Å². The Hall–Kier alpha value is -6.31. The maximum Gasteiger partial charge on any atom is 0.330 e. The van der Waals surface area contributed by atoms with Gasteiger partial charge in [0.05, 0.1) is 38.5 Å². The Balaban J connectivity index is 1.24. The smallest absolute Gasteiger partial charge is 0.330 e. The third-order valence-electron chi connectivity index (χ3n) is 10.3. The molecule has 0 spiro atoms. The standard InChI is InChI=1S/C43H49N5O9/c1-7-27-24-43(27,40(51)52)47-38(49)33-22-29(57-36-23-31(26-13-9-8-10-14-26)45-32-21-28(54-5)17-18-30(32)36)25-48(33)41(53)46-37(42(2,3)4)39(50)44-19-20-56-35-16-12-11-15-34(35)55-6/h7-18,21,23,27,29,33,37H,1,19-20,22,24-25H2,2-6H3,(H,44,50)(H,46,53)(H,47,49)(H,51,52)/t27-,29-,33+,37?,43-/m1/s1. The molecule has 0 bridgehead atoms. The number of nitrogens with zero attached hydrogens (tertiary/aromatic N) is 2. The summed E-state index contributed by atoms with van der Waals surface area (Å²) < 4.78 is 23.2. The van der Waals surface area contributed by atoms with Gasteiger partial charge in [0.2, 0.25) is 11.8 Å². The van der Waals surface area contributed by atoms with Gasteiger partial charge in [0.25, 0.3) is 0 Å². The predicted octanol–water partition coefficient (Wildman–Crippen LogP) is 5.21. The minimum atomic E-state index is -1.52. The summed E-state index contributed by atoms with van der Waals surface area (Å²) in [7, 11) is 3.11. The molecule has 2 heterocycles. The van der Waals surface area contributed by atoms with E-state index in [1.165, 1.54) is 18.1 Å². The SMILES string of the molecule is C=C[C@@H]1C[C@]1(NC(=O)[C@@H]1C[C@@H](Oc2cc(-c3ccccc3)nc3cc(OC)ccc23)CN1C(=O)NC(C(=O)NCCOc1ccccc1OC)C(C)(C)C)C(=O)O. The van der Waals surface area contributed by atoms with Crippen molar-refractivity contribution < 1.29 is 43.2 Å². The van der Waals surface area contributed by atoms with Crippen molar-refractivity contribution in [2.45, 2.75) is 57.3 Å². The van der Waals surface area contributed by atoms with Gasteiger partial charge in [-0.1, -0.05) is 69.3 Å². The number of amides is 4. The van der Waals surface area contributed by atoms with Crippen molar-refractivity contribution in [1.29, 1.82) is 0 Å². The first-order chi connectivity index (χ1) is 27.3. The molecule has 4 amide bonds. The number of aromatic nitrogens is 1. The molecule has 1 saturated carbocycles. The van der Waals surface area contributed by atoms with E-state index in [0.717, 1.165) is 5.56 Å². The van der Waals surface area contributed by atoms with Crippen LogP contribution in [-0.4, -0.2) is 96.4 Å². The zero-order valence-electron chi connectivity index (χ0n) is 32.7. The Morgan fingerprint density at radius 2 is 1.70 bits per heavy atom. The van der Waals surface area contributed by atoms with Crippen LogP contribution in [0, 0.1) is 11.3 Å². The fourth-order valence-corrected chi connectivity index (χ4v) is 7.07. The molecule has 0 radical (unpaired) electrons. The van der Waals surface area contributed by atoms with E-state index in [-0.39, 0.29) is 32.5 Å². The van der Waals surface area contributed by atoms with E-state index in [1.54, 1.807) is 31.4 Å². The maximum absolute atomic E-state index is 14.3. The van der Waals surface area contributed by atoms with Crippen LogP contribution < -0.4 is 34.9 Å². The van der Waals surface area contributed by atoms with Crippen molar-refractivity contribution in [3.05, 3.63) is 91.5 Å². The second-order valence-corrected chi connectivity index (χ2v) is 15.2. The van der Waals surface area contributed by atoms with Crippen LogP contribution in [0.25, 0.3) is 22.2 Å². The zero-order chi connectivity index (χ0) is 40.9. The molecule has 14 heteroatoms. The lowest BCUT2D eigenvalue weighted by Gasteiger charge is -2.33. The van der Waals surface area contributed by atoms with Crippen molar-refractivity contribution >= 4 is 34.7 Å². The number of carbonyl (C=O) groups is 4. The topological polar surface area (TPSA) is 178 Å². The molecular formula is C43H49N5O9. The molecule has 6 rings (SSSR count). The van der Waals surface area contributed by atoms with Crippen LogP contribution in [0.5, 0.6) is 23.0 Å². The first-order valence-electron chi connectivity index (χ1n) is 18.8. The lowest BCUT2D eigenvalue weighted by molar-refractivity contribution is -0.144. The first kappa shape index (κ1) is 40.4. The number of para-hydroxylation sites is 2. The third kappa shape index (κ3) is 8.90. The van der Waals surface area contributed by atoms with Gasteiger partial charge in [0, 0.05) is 35.4 Å². The monoisotopic (exact) mass is 779 g/mol. The fraction of sp³-hybridized carbons (Fsp3) is 0.372. The van der Waals surface area contributed by atoms with Crippen LogP contribution in [-0.2, 0) is 14.4 Å². The molecule has 3 aromatic carbocycles. The Morgan fingerprint density at radius 3 is 2.35 bits per heavy atom. The Morgan fingerprint density at radius 1 is 0.982 bits per heavy atom. The number of rotatable bonds is 15. The largest absolute Gasteiger partial charge is 0.497 e. The van der Waals surface area contributed by atoms with Crippen LogP contribution in [0.4, 0.5) is 4.79 Å². The molecule has 14 nitrogen and oxygen atoms in total. The lowest BCUT2D eigenvalue weighted by Crippen LogP contribution is -2.59. The molecule has 1 aromatic heterocycles. The van der Waals surface area contributed by atoms with E-state index < -0.39 is 58.9 Å². The molecule has 1 aliphatic heterocycles. The van der Waals surface area contributed by atoms with Crippen molar-refractivity contribution in [3.8, 4) is 34.3 Å². The number of urea groups is 1. The Labute approximate surface area is 331 Å². The summed E-state index contributed by atoms with van der Waals surface area (Å²) in [6, 6.07) is 21.2. The summed E-state index contributed by atoms with van der Waals surface area (Å²) in [5, 5.41) is 19.2. The molecule has 57 heavy (non-hydrogen) atoms. The molecular weight excluding hydrogens is 730 g/mol. The highest BCUT2D eigenvalue weighted by atomic mass is 16.5. The van der Waals surface area contributed by atoms with Crippen LogP contribution in [0.1, 0.15) is 33.6 Å². The fourth-order valence-electron chi connectivity index (χ4n) is 7.07. The van der Waals surface area contributed by atoms with Crippen LogP contribution in [0.15, 0.2) is 91.5 Å².